The van der Waals surface area contributed by atoms with Crippen LogP contribution in [0.5, 0.6) is 0 Å². The van der Waals surface area contributed by atoms with Gasteiger partial charge in [0, 0.05) is 0 Å². The van der Waals surface area contributed by atoms with Crippen LogP contribution in [0.3, 0.4) is 0 Å². The summed E-state index contributed by atoms with van der Waals surface area (Å²) < 4.78 is 4.95. The Balaban J connectivity index is 3.77. The summed E-state index contributed by atoms with van der Waals surface area (Å²) in [6, 6.07) is 0. The Morgan fingerprint density at radius 3 is 2.36 bits per heavy atom. The van der Waals surface area contributed by atoms with Crippen LogP contribution in [0.25, 0.3) is 0 Å². The van der Waals surface area contributed by atoms with Gasteiger partial charge in [0.05, 0.1) is 0 Å². The van der Waals surface area contributed by atoms with Crippen molar-refractivity contribution in [1.29, 1.82) is 0 Å². The summed E-state index contributed by atoms with van der Waals surface area (Å²) in [6.07, 6.45) is 1.60. The summed E-state index contributed by atoms with van der Waals surface area (Å²) in [5.41, 5.74) is 0. The molecule has 1 atom stereocenters. The normalized spacial score (nSPS) is 16.0. The molecule has 0 amide bonds. The van der Waals surface area contributed by atoms with Gasteiger partial charge in [-0.1, -0.05) is 0 Å². The molecule has 0 N–H and O–H groups in total. The quantitative estimate of drug-likeness (QED) is 0.570. The Morgan fingerprint density at radius 1 is 1.55 bits per heavy atom. The van der Waals surface area contributed by atoms with Crippen molar-refractivity contribution in [3.05, 3.63) is 0 Å². The van der Waals surface area contributed by atoms with Crippen LogP contribution in [0, 0.1) is 0 Å². The van der Waals surface area contributed by atoms with Gasteiger partial charge < -0.3 is 0 Å². The first kappa shape index (κ1) is 12.3. The van der Waals surface area contributed by atoms with Crippen molar-refractivity contribution in [1.82, 2.24) is 0 Å². The van der Waals surface area contributed by atoms with E-state index in [1.165, 1.54) is 0 Å². The molecule has 0 aliphatic rings. The molecule has 0 aromatic carbocycles. The first-order valence-corrected chi connectivity index (χ1v) is 12.9. The standard InChI is InChI=1S/C5H9Cl3O2Te/c1-2-3-5(4-9)10-11(6,7)8/h4-5H,2-3H2,1H3. The predicted octanol–water partition coefficient (Wildman–Crippen LogP) is 2.52. The number of rotatable bonds is 5. The van der Waals surface area contributed by atoms with E-state index < -0.39 is 21.3 Å². The molecule has 0 aromatic rings. The molecule has 0 rings (SSSR count). The van der Waals surface area contributed by atoms with Crippen molar-refractivity contribution in [2.24, 2.45) is 0 Å². The van der Waals surface area contributed by atoms with E-state index in [2.05, 4.69) is 0 Å². The van der Waals surface area contributed by atoms with E-state index in [-0.39, 0.29) is 0 Å². The van der Waals surface area contributed by atoms with Gasteiger partial charge in [-0.15, -0.1) is 0 Å². The van der Waals surface area contributed by atoms with Crippen molar-refractivity contribution >= 4 is 48.4 Å². The van der Waals surface area contributed by atoms with Crippen molar-refractivity contribution in [2.45, 2.75) is 25.9 Å². The number of aldehydes is 1. The minimum atomic E-state index is -3.57. The van der Waals surface area contributed by atoms with Crippen LogP contribution in [-0.2, 0) is 7.90 Å². The van der Waals surface area contributed by atoms with Gasteiger partial charge in [0.1, 0.15) is 0 Å². The maximum absolute atomic E-state index is 10.3. The fraction of sp³-hybridized carbons (Fsp3) is 0.800. The molecular formula is C5H9Cl3O2Te. The third kappa shape index (κ3) is 7.64. The van der Waals surface area contributed by atoms with Crippen LogP contribution in [0.4, 0.5) is 0 Å². The third-order valence-electron chi connectivity index (χ3n) is 0.958. The van der Waals surface area contributed by atoms with Crippen molar-refractivity contribution in [3.63, 3.8) is 0 Å². The number of carbonyl (C=O) groups is 1. The van der Waals surface area contributed by atoms with E-state index in [9.17, 15) is 4.79 Å². The Morgan fingerprint density at radius 2 is 2.09 bits per heavy atom. The van der Waals surface area contributed by atoms with Crippen LogP contribution < -0.4 is 0 Å². The molecular weight excluding hydrogens is 326 g/mol. The second kappa shape index (κ2) is 5.85. The molecule has 0 saturated heterocycles. The SMILES string of the molecule is CCCC(C=O)O[Te](Cl)(Cl)Cl. The zero-order chi connectivity index (χ0) is 8.91. The van der Waals surface area contributed by atoms with Crippen LogP contribution in [0.1, 0.15) is 19.8 Å². The van der Waals surface area contributed by atoms with E-state index >= 15 is 0 Å². The summed E-state index contributed by atoms with van der Waals surface area (Å²) in [7, 11) is 16.4. The van der Waals surface area contributed by atoms with Crippen LogP contribution >= 0.6 is 26.9 Å². The molecule has 1 unspecified atom stereocenters. The van der Waals surface area contributed by atoms with Gasteiger partial charge in [-0.2, -0.15) is 0 Å². The summed E-state index contributed by atoms with van der Waals surface area (Å²) in [5, 5.41) is 0. The molecule has 0 heterocycles. The Kier molecular flexibility index (Phi) is 6.54. The Labute approximate surface area is 81.7 Å². The zero-order valence-electron chi connectivity index (χ0n) is 5.93. The van der Waals surface area contributed by atoms with Gasteiger partial charge in [0.25, 0.3) is 0 Å². The molecule has 0 spiro atoms. The van der Waals surface area contributed by atoms with Crippen molar-refractivity contribution in [3.8, 4) is 0 Å². The van der Waals surface area contributed by atoms with E-state index in [4.69, 9.17) is 30.0 Å². The fourth-order valence-corrected chi connectivity index (χ4v) is 3.65. The number of hydrogen-bond acceptors (Lipinski definition) is 2. The van der Waals surface area contributed by atoms with Crippen LogP contribution in [0.15, 0.2) is 0 Å². The van der Waals surface area contributed by atoms with Crippen LogP contribution in [-0.4, -0.2) is 27.6 Å². The second-order valence-electron chi connectivity index (χ2n) is 1.92. The molecule has 0 bridgehead atoms. The van der Waals surface area contributed by atoms with Crippen molar-refractivity contribution < 1.29 is 7.90 Å². The van der Waals surface area contributed by atoms with Gasteiger partial charge in [0.2, 0.25) is 0 Å². The Bertz CT molecular complexity index is 125. The number of halogens is 3. The summed E-state index contributed by atoms with van der Waals surface area (Å²) in [6.45, 7) is 1.94. The average molecular weight is 335 g/mol. The molecule has 0 fully saturated rings. The molecule has 0 aliphatic heterocycles. The van der Waals surface area contributed by atoms with Gasteiger partial charge in [-0.05, 0) is 0 Å². The summed E-state index contributed by atoms with van der Waals surface area (Å²) in [4.78, 5) is 10.3. The number of carbonyl (C=O) groups excluding carboxylic acids is 1. The molecule has 2 nitrogen and oxygen atoms in total. The third-order valence-corrected chi connectivity index (χ3v) is 3.75. The molecule has 6 heteroatoms. The van der Waals surface area contributed by atoms with E-state index in [1.807, 2.05) is 6.92 Å². The first-order valence-electron chi connectivity index (χ1n) is 3.05. The maximum atomic E-state index is 10.3. The summed E-state index contributed by atoms with van der Waals surface area (Å²) in [5.74, 6) is 0. The molecule has 0 aliphatic carbocycles. The molecule has 68 valence electrons. The van der Waals surface area contributed by atoms with Gasteiger partial charge >= 0.3 is 82.2 Å². The van der Waals surface area contributed by atoms with Gasteiger partial charge in [-0.3, -0.25) is 0 Å². The van der Waals surface area contributed by atoms with Crippen molar-refractivity contribution in [2.75, 3.05) is 0 Å². The summed E-state index contributed by atoms with van der Waals surface area (Å²) >= 11 is -3.57. The first-order chi connectivity index (χ1) is 4.99. The van der Waals surface area contributed by atoms with Crippen LogP contribution in [0.2, 0.25) is 0 Å². The molecule has 0 aromatic heterocycles. The van der Waals surface area contributed by atoms with Gasteiger partial charge in [-0.25, -0.2) is 0 Å². The predicted molar refractivity (Wildman–Crippen MR) is 49.2 cm³/mol. The van der Waals surface area contributed by atoms with Gasteiger partial charge in [0.15, 0.2) is 0 Å². The molecule has 0 radical (unpaired) electrons. The second-order valence-corrected chi connectivity index (χ2v) is 16.5. The fourth-order valence-electron chi connectivity index (χ4n) is 0.563. The molecule has 0 saturated carbocycles. The minimum absolute atomic E-state index is 0.534. The Hall–Kier alpha value is 1.29. The van der Waals surface area contributed by atoms with E-state index in [1.54, 1.807) is 0 Å². The number of hydrogen-bond donors (Lipinski definition) is 0. The van der Waals surface area contributed by atoms with E-state index in [0.717, 1.165) is 6.42 Å². The average Bonchev–Trinajstić information content (AvgIpc) is 1.84. The molecule has 11 heavy (non-hydrogen) atoms. The zero-order valence-corrected chi connectivity index (χ0v) is 10.5. The monoisotopic (exact) mass is 336 g/mol. The topological polar surface area (TPSA) is 26.3 Å². The van der Waals surface area contributed by atoms with E-state index in [0.29, 0.717) is 12.7 Å².